The standard InChI is InChI=1S/C13H17N3S/c1-2-15-12(8-13-9-14-10-17-13)7-11-5-3-4-6-16-11/h3-6,9-10,12,15H,2,7-8H2,1H3. The van der Waals surface area contributed by atoms with Crippen molar-refractivity contribution >= 4 is 11.3 Å². The minimum atomic E-state index is 0.440. The Hall–Kier alpha value is -1.26. The van der Waals surface area contributed by atoms with E-state index in [9.17, 15) is 0 Å². The molecule has 4 heteroatoms. The third-order valence-electron chi connectivity index (χ3n) is 2.61. The van der Waals surface area contributed by atoms with Gasteiger partial charge in [0, 0.05) is 35.4 Å². The van der Waals surface area contributed by atoms with Crippen LogP contribution < -0.4 is 5.32 Å². The maximum Gasteiger partial charge on any atom is 0.0794 e. The van der Waals surface area contributed by atoms with Crippen molar-refractivity contribution in [2.75, 3.05) is 6.54 Å². The molecule has 0 aliphatic rings. The summed E-state index contributed by atoms with van der Waals surface area (Å²) in [5.74, 6) is 0. The van der Waals surface area contributed by atoms with Crippen molar-refractivity contribution in [1.82, 2.24) is 15.3 Å². The van der Waals surface area contributed by atoms with Crippen molar-refractivity contribution in [3.63, 3.8) is 0 Å². The van der Waals surface area contributed by atoms with E-state index in [1.165, 1.54) is 4.88 Å². The Balaban J connectivity index is 1.97. The van der Waals surface area contributed by atoms with Gasteiger partial charge < -0.3 is 5.32 Å². The fourth-order valence-corrected chi connectivity index (χ4v) is 2.54. The van der Waals surface area contributed by atoms with Gasteiger partial charge >= 0.3 is 0 Å². The first-order valence-corrected chi connectivity index (χ1v) is 6.77. The summed E-state index contributed by atoms with van der Waals surface area (Å²) in [6.07, 6.45) is 5.79. The number of hydrogen-bond acceptors (Lipinski definition) is 4. The lowest BCUT2D eigenvalue weighted by atomic mass is 10.1. The summed E-state index contributed by atoms with van der Waals surface area (Å²) in [5, 5.41) is 3.51. The van der Waals surface area contributed by atoms with E-state index < -0.39 is 0 Å². The number of pyridine rings is 1. The van der Waals surface area contributed by atoms with Gasteiger partial charge in [0.05, 0.1) is 5.51 Å². The Morgan fingerprint density at radius 1 is 1.35 bits per heavy atom. The van der Waals surface area contributed by atoms with E-state index in [1.54, 1.807) is 11.3 Å². The lowest BCUT2D eigenvalue weighted by molar-refractivity contribution is 0.519. The van der Waals surface area contributed by atoms with Crippen LogP contribution >= 0.6 is 11.3 Å². The molecule has 1 N–H and O–H groups in total. The highest BCUT2D eigenvalue weighted by atomic mass is 32.1. The normalized spacial score (nSPS) is 12.5. The molecule has 0 aromatic carbocycles. The molecule has 2 aromatic heterocycles. The predicted octanol–water partition coefficient (Wildman–Crippen LogP) is 2.30. The van der Waals surface area contributed by atoms with Crippen molar-refractivity contribution in [2.45, 2.75) is 25.8 Å². The smallest absolute Gasteiger partial charge is 0.0794 e. The van der Waals surface area contributed by atoms with Crippen molar-refractivity contribution in [1.29, 1.82) is 0 Å². The molecule has 0 aliphatic carbocycles. The van der Waals surface area contributed by atoms with Crippen LogP contribution in [0.25, 0.3) is 0 Å². The highest BCUT2D eigenvalue weighted by Crippen LogP contribution is 2.11. The quantitative estimate of drug-likeness (QED) is 0.851. The average molecular weight is 247 g/mol. The fraction of sp³-hybridized carbons (Fsp3) is 0.385. The molecule has 0 fully saturated rings. The maximum atomic E-state index is 4.38. The molecule has 0 amide bonds. The van der Waals surface area contributed by atoms with Crippen LogP contribution in [-0.4, -0.2) is 22.6 Å². The number of hydrogen-bond donors (Lipinski definition) is 1. The van der Waals surface area contributed by atoms with E-state index in [4.69, 9.17) is 0 Å². The van der Waals surface area contributed by atoms with Gasteiger partial charge in [0.1, 0.15) is 0 Å². The van der Waals surface area contributed by atoms with E-state index in [1.807, 2.05) is 30.0 Å². The highest BCUT2D eigenvalue weighted by molar-refractivity contribution is 7.09. The number of thiazole rings is 1. The van der Waals surface area contributed by atoms with Crippen LogP contribution in [0.4, 0.5) is 0 Å². The third-order valence-corrected chi connectivity index (χ3v) is 3.41. The molecule has 0 spiro atoms. The van der Waals surface area contributed by atoms with Crippen LogP contribution in [0.5, 0.6) is 0 Å². The number of nitrogens with zero attached hydrogens (tertiary/aromatic N) is 2. The molecule has 2 aromatic rings. The van der Waals surface area contributed by atoms with Crippen molar-refractivity contribution in [3.8, 4) is 0 Å². The van der Waals surface area contributed by atoms with Crippen LogP contribution in [0.3, 0.4) is 0 Å². The number of nitrogens with one attached hydrogen (secondary N) is 1. The van der Waals surface area contributed by atoms with Crippen LogP contribution in [0, 0.1) is 0 Å². The first-order chi connectivity index (χ1) is 8.38. The van der Waals surface area contributed by atoms with Gasteiger partial charge in [-0.15, -0.1) is 11.3 Å². The largest absolute Gasteiger partial charge is 0.314 e. The van der Waals surface area contributed by atoms with E-state index in [0.29, 0.717) is 6.04 Å². The Morgan fingerprint density at radius 2 is 2.29 bits per heavy atom. The minimum absolute atomic E-state index is 0.440. The number of likely N-dealkylation sites (N-methyl/N-ethyl adjacent to an activating group) is 1. The molecule has 90 valence electrons. The van der Waals surface area contributed by atoms with Gasteiger partial charge in [-0.05, 0) is 25.1 Å². The molecular weight excluding hydrogens is 230 g/mol. The topological polar surface area (TPSA) is 37.8 Å². The summed E-state index contributed by atoms with van der Waals surface area (Å²) in [4.78, 5) is 9.82. The van der Waals surface area contributed by atoms with Crippen molar-refractivity contribution < 1.29 is 0 Å². The Morgan fingerprint density at radius 3 is 2.94 bits per heavy atom. The molecule has 2 rings (SSSR count). The zero-order chi connectivity index (χ0) is 11.9. The van der Waals surface area contributed by atoms with Crippen LogP contribution in [0.15, 0.2) is 36.1 Å². The monoisotopic (exact) mass is 247 g/mol. The summed E-state index contributed by atoms with van der Waals surface area (Å²) in [7, 11) is 0. The van der Waals surface area contributed by atoms with E-state index >= 15 is 0 Å². The fourth-order valence-electron chi connectivity index (χ4n) is 1.86. The van der Waals surface area contributed by atoms with Gasteiger partial charge in [0.2, 0.25) is 0 Å². The summed E-state index contributed by atoms with van der Waals surface area (Å²) in [6, 6.07) is 6.51. The van der Waals surface area contributed by atoms with Crippen molar-refractivity contribution in [2.24, 2.45) is 0 Å². The summed E-state index contributed by atoms with van der Waals surface area (Å²) < 4.78 is 0. The van der Waals surface area contributed by atoms with Gasteiger partial charge in [-0.1, -0.05) is 13.0 Å². The molecule has 1 atom stereocenters. The van der Waals surface area contributed by atoms with Gasteiger partial charge in [-0.2, -0.15) is 0 Å². The van der Waals surface area contributed by atoms with Crippen LogP contribution in [-0.2, 0) is 12.8 Å². The van der Waals surface area contributed by atoms with Gasteiger partial charge in [-0.25, -0.2) is 0 Å². The lowest BCUT2D eigenvalue weighted by Crippen LogP contribution is -2.33. The average Bonchev–Trinajstić information content (AvgIpc) is 2.83. The molecule has 0 radical (unpaired) electrons. The van der Waals surface area contributed by atoms with E-state index in [2.05, 4.69) is 28.3 Å². The Kier molecular flexibility index (Phi) is 4.64. The summed E-state index contributed by atoms with van der Waals surface area (Å²) >= 11 is 1.72. The number of aromatic nitrogens is 2. The Labute approximate surface area is 106 Å². The first-order valence-electron chi connectivity index (χ1n) is 5.89. The molecule has 3 nitrogen and oxygen atoms in total. The first kappa shape index (κ1) is 12.2. The van der Waals surface area contributed by atoms with E-state index in [0.717, 1.165) is 25.1 Å². The second kappa shape index (κ2) is 6.47. The maximum absolute atomic E-state index is 4.38. The zero-order valence-electron chi connectivity index (χ0n) is 9.97. The second-order valence-corrected chi connectivity index (χ2v) is 4.92. The molecule has 2 heterocycles. The van der Waals surface area contributed by atoms with Gasteiger partial charge in [-0.3, -0.25) is 9.97 Å². The molecule has 0 saturated carbocycles. The third kappa shape index (κ3) is 3.91. The van der Waals surface area contributed by atoms with Gasteiger partial charge in [0.25, 0.3) is 0 Å². The summed E-state index contributed by atoms with van der Waals surface area (Å²) in [6.45, 7) is 3.12. The minimum Gasteiger partial charge on any atom is -0.314 e. The van der Waals surface area contributed by atoms with Crippen LogP contribution in [0.2, 0.25) is 0 Å². The number of rotatable bonds is 6. The Bertz CT molecular complexity index is 413. The van der Waals surface area contributed by atoms with Crippen LogP contribution in [0.1, 0.15) is 17.5 Å². The molecule has 0 aliphatic heterocycles. The van der Waals surface area contributed by atoms with Crippen molar-refractivity contribution in [3.05, 3.63) is 46.7 Å². The lowest BCUT2D eigenvalue weighted by Gasteiger charge is -2.16. The molecule has 1 unspecified atom stereocenters. The second-order valence-electron chi connectivity index (χ2n) is 3.95. The molecule has 0 saturated heterocycles. The SMILES string of the molecule is CCNC(Cc1ccccn1)Cc1cncs1. The van der Waals surface area contributed by atoms with Gasteiger partial charge in [0.15, 0.2) is 0 Å². The molecule has 0 bridgehead atoms. The molecule has 17 heavy (non-hydrogen) atoms. The molecular formula is C13H17N3S. The summed E-state index contributed by atoms with van der Waals surface area (Å²) in [5.41, 5.74) is 3.03. The predicted molar refractivity (Wildman–Crippen MR) is 71.2 cm³/mol. The zero-order valence-corrected chi connectivity index (χ0v) is 10.8. The highest BCUT2D eigenvalue weighted by Gasteiger charge is 2.10. The van der Waals surface area contributed by atoms with E-state index in [-0.39, 0.29) is 0 Å².